The van der Waals surface area contributed by atoms with Crippen LogP contribution in [0.5, 0.6) is 17.2 Å². The maximum atomic E-state index is 12.2. The van der Waals surface area contributed by atoms with Gasteiger partial charge in [-0.05, 0) is 17.7 Å². The monoisotopic (exact) mass is 340 g/mol. The van der Waals surface area contributed by atoms with Crippen LogP contribution in [0.1, 0.15) is 12.5 Å². The fraction of sp³-hybridized carbons (Fsp3) is 0.158. The summed E-state index contributed by atoms with van der Waals surface area (Å²) in [6, 6.07) is 14.3. The molecule has 0 spiro atoms. The number of esters is 1. The van der Waals surface area contributed by atoms with Crippen LogP contribution in [0, 0.1) is 0 Å². The first-order valence-corrected chi connectivity index (χ1v) is 7.58. The number of rotatable bonds is 5. The molecule has 1 aromatic heterocycles. The van der Waals surface area contributed by atoms with Crippen molar-refractivity contribution in [1.29, 1.82) is 0 Å². The third kappa shape index (κ3) is 3.63. The molecule has 0 saturated heterocycles. The number of methoxy groups -OCH3 is 1. The number of carbonyl (C=O) groups is 1. The summed E-state index contributed by atoms with van der Waals surface area (Å²) in [5.74, 6) is 0.0914. The number of carbonyl (C=O) groups excluding carboxylic acids is 1. The molecule has 0 aliphatic heterocycles. The van der Waals surface area contributed by atoms with Gasteiger partial charge in [0.2, 0.25) is 5.75 Å². The molecule has 0 N–H and O–H groups in total. The molecule has 0 aliphatic carbocycles. The van der Waals surface area contributed by atoms with Gasteiger partial charge >= 0.3 is 11.6 Å². The molecule has 3 aromatic rings. The summed E-state index contributed by atoms with van der Waals surface area (Å²) in [5, 5.41) is 0.545. The highest BCUT2D eigenvalue weighted by Gasteiger charge is 2.18. The van der Waals surface area contributed by atoms with E-state index in [-0.39, 0.29) is 29.4 Å². The first-order valence-electron chi connectivity index (χ1n) is 7.58. The van der Waals surface area contributed by atoms with Crippen molar-refractivity contribution >= 4 is 16.9 Å². The van der Waals surface area contributed by atoms with Crippen LogP contribution < -0.4 is 19.8 Å². The average molecular weight is 340 g/mol. The van der Waals surface area contributed by atoms with Crippen LogP contribution in [0.15, 0.2) is 57.7 Å². The van der Waals surface area contributed by atoms with Gasteiger partial charge in [-0.2, -0.15) is 0 Å². The van der Waals surface area contributed by atoms with Crippen molar-refractivity contribution in [2.75, 3.05) is 7.11 Å². The van der Waals surface area contributed by atoms with E-state index in [1.807, 2.05) is 30.3 Å². The molecule has 25 heavy (non-hydrogen) atoms. The van der Waals surface area contributed by atoms with Gasteiger partial charge in [0.25, 0.3) is 0 Å². The van der Waals surface area contributed by atoms with Crippen LogP contribution in [0.2, 0.25) is 0 Å². The Hall–Kier alpha value is -3.28. The summed E-state index contributed by atoms with van der Waals surface area (Å²) in [4.78, 5) is 23.2. The topological polar surface area (TPSA) is 75.0 Å². The lowest BCUT2D eigenvalue weighted by Gasteiger charge is -2.12. The summed E-state index contributed by atoms with van der Waals surface area (Å²) >= 11 is 0. The minimum absolute atomic E-state index is 0.0105. The van der Waals surface area contributed by atoms with Crippen LogP contribution in [0.4, 0.5) is 0 Å². The van der Waals surface area contributed by atoms with Gasteiger partial charge in [0, 0.05) is 13.0 Å². The highest BCUT2D eigenvalue weighted by Crippen LogP contribution is 2.34. The van der Waals surface area contributed by atoms with Gasteiger partial charge in [-0.15, -0.1) is 0 Å². The second-order valence-corrected chi connectivity index (χ2v) is 5.28. The number of benzene rings is 2. The number of ether oxygens (including phenoxy) is 3. The van der Waals surface area contributed by atoms with Crippen LogP contribution in [0.3, 0.4) is 0 Å². The molecule has 1 heterocycles. The molecule has 0 atom stereocenters. The number of hydrogen-bond donors (Lipinski definition) is 0. The van der Waals surface area contributed by atoms with Gasteiger partial charge in [0.15, 0.2) is 5.75 Å². The molecule has 0 fully saturated rings. The number of fused-ring (bicyclic) bond motifs is 1. The van der Waals surface area contributed by atoms with Crippen molar-refractivity contribution in [2.45, 2.75) is 13.5 Å². The predicted octanol–water partition coefficient (Wildman–Crippen LogP) is 3.31. The first-order chi connectivity index (χ1) is 12.1. The zero-order valence-electron chi connectivity index (χ0n) is 13.8. The van der Waals surface area contributed by atoms with Gasteiger partial charge in [-0.25, -0.2) is 4.79 Å². The fourth-order valence-corrected chi connectivity index (χ4v) is 2.41. The normalized spacial score (nSPS) is 10.5. The molecule has 128 valence electrons. The molecule has 0 amide bonds. The SMILES string of the molecule is COc1c(OCc2ccccc2)c2ccc(OC(C)=O)cc2oc1=O. The quantitative estimate of drug-likeness (QED) is 0.403. The van der Waals surface area contributed by atoms with E-state index in [2.05, 4.69) is 0 Å². The average Bonchev–Trinajstić information content (AvgIpc) is 2.59. The minimum Gasteiger partial charge on any atom is -0.487 e. The molecule has 0 unspecified atom stereocenters. The van der Waals surface area contributed by atoms with E-state index < -0.39 is 11.6 Å². The van der Waals surface area contributed by atoms with Crippen molar-refractivity contribution in [1.82, 2.24) is 0 Å². The van der Waals surface area contributed by atoms with Crippen molar-refractivity contribution < 1.29 is 23.4 Å². The Morgan fingerprint density at radius 3 is 2.52 bits per heavy atom. The lowest BCUT2D eigenvalue weighted by Crippen LogP contribution is -2.08. The Kier molecular flexibility index (Phi) is 4.70. The third-order valence-electron chi connectivity index (χ3n) is 3.48. The summed E-state index contributed by atoms with van der Waals surface area (Å²) in [6.45, 7) is 1.56. The molecular weight excluding hydrogens is 324 g/mol. The van der Waals surface area contributed by atoms with Gasteiger partial charge in [-0.1, -0.05) is 30.3 Å². The van der Waals surface area contributed by atoms with Crippen molar-refractivity contribution in [2.24, 2.45) is 0 Å². The van der Waals surface area contributed by atoms with Gasteiger partial charge < -0.3 is 18.6 Å². The fourth-order valence-electron chi connectivity index (χ4n) is 2.41. The molecule has 0 aliphatic rings. The largest absolute Gasteiger partial charge is 0.487 e. The van der Waals surface area contributed by atoms with Crippen molar-refractivity contribution in [3.8, 4) is 17.2 Å². The second kappa shape index (κ2) is 7.09. The third-order valence-corrected chi connectivity index (χ3v) is 3.48. The van der Waals surface area contributed by atoms with Crippen molar-refractivity contribution in [3.05, 3.63) is 64.5 Å². The highest BCUT2D eigenvalue weighted by atomic mass is 16.5. The number of hydrogen-bond acceptors (Lipinski definition) is 6. The Bertz CT molecular complexity index is 959. The van der Waals surface area contributed by atoms with E-state index in [9.17, 15) is 9.59 Å². The molecule has 6 heteroatoms. The zero-order valence-corrected chi connectivity index (χ0v) is 13.8. The molecule has 0 bridgehead atoms. The summed E-state index contributed by atoms with van der Waals surface area (Å²) in [6.07, 6.45) is 0. The molecule has 0 radical (unpaired) electrons. The Morgan fingerprint density at radius 2 is 1.84 bits per heavy atom. The lowest BCUT2D eigenvalue weighted by molar-refractivity contribution is -0.131. The minimum atomic E-state index is -0.668. The Labute approximate surface area is 143 Å². The lowest BCUT2D eigenvalue weighted by atomic mass is 10.2. The maximum Gasteiger partial charge on any atom is 0.383 e. The molecular formula is C19H16O6. The van der Waals surface area contributed by atoms with Gasteiger partial charge in [-0.3, -0.25) is 4.79 Å². The Balaban J connectivity index is 2.04. The van der Waals surface area contributed by atoms with Gasteiger partial charge in [0.1, 0.15) is 17.9 Å². The Morgan fingerprint density at radius 1 is 1.08 bits per heavy atom. The molecule has 3 rings (SSSR count). The first kappa shape index (κ1) is 16.6. The summed E-state index contributed by atoms with van der Waals surface area (Å²) in [7, 11) is 1.38. The molecule has 2 aromatic carbocycles. The van der Waals surface area contributed by atoms with Crippen LogP contribution in [-0.4, -0.2) is 13.1 Å². The second-order valence-electron chi connectivity index (χ2n) is 5.28. The van der Waals surface area contributed by atoms with E-state index in [0.717, 1.165) is 5.56 Å². The van der Waals surface area contributed by atoms with Crippen LogP contribution >= 0.6 is 0 Å². The van der Waals surface area contributed by atoms with E-state index in [4.69, 9.17) is 18.6 Å². The summed E-state index contributed by atoms with van der Waals surface area (Å²) < 4.78 is 21.2. The van der Waals surface area contributed by atoms with E-state index in [0.29, 0.717) is 5.39 Å². The van der Waals surface area contributed by atoms with Gasteiger partial charge in [0.05, 0.1) is 12.5 Å². The molecule has 6 nitrogen and oxygen atoms in total. The predicted molar refractivity (Wildman–Crippen MR) is 91.1 cm³/mol. The maximum absolute atomic E-state index is 12.2. The highest BCUT2D eigenvalue weighted by molar-refractivity contribution is 5.87. The summed E-state index contributed by atoms with van der Waals surface area (Å²) in [5.41, 5.74) is 0.521. The van der Waals surface area contributed by atoms with E-state index in [1.165, 1.54) is 20.1 Å². The van der Waals surface area contributed by atoms with Crippen molar-refractivity contribution in [3.63, 3.8) is 0 Å². The smallest absolute Gasteiger partial charge is 0.383 e. The van der Waals surface area contributed by atoms with E-state index >= 15 is 0 Å². The standard InChI is InChI=1S/C19H16O6/c1-12(20)24-14-8-9-15-16(10-14)25-19(21)18(22-2)17(15)23-11-13-6-4-3-5-7-13/h3-10H,11H2,1-2H3. The molecule has 0 saturated carbocycles. The van der Waals surface area contributed by atoms with E-state index in [1.54, 1.807) is 12.1 Å². The van der Waals surface area contributed by atoms with Crippen LogP contribution in [-0.2, 0) is 11.4 Å². The van der Waals surface area contributed by atoms with Crippen LogP contribution in [0.25, 0.3) is 11.0 Å². The zero-order chi connectivity index (χ0) is 17.8.